The van der Waals surface area contributed by atoms with Gasteiger partial charge in [0.05, 0.1) is 11.5 Å². The second-order valence-corrected chi connectivity index (χ2v) is 7.45. The molecule has 0 spiro atoms. The molecular weight excluding hydrogens is 352 g/mol. The van der Waals surface area contributed by atoms with E-state index in [9.17, 15) is 22.8 Å². The highest BCUT2D eigenvalue weighted by molar-refractivity contribution is 7.89. The van der Waals surface area contributed by atoms with E-state index in [1.165, 1.54) is 38.2 Å². The van der Waals surface area contributed by atoms with E-state index in [1.54, 1.807) is 0 Å². The normalized spacial score (nSPS) is 17.2. The Balaban J connectivity index is 2.01. The van der Waals surface area contributed by atoms with Crippen molar-refractivity contribution in [1.29, 1.82) is 0 Å². The van der Waals surface area contributed by atoms with Gasteiger partial charge < -0.3 is 14.8 Å². The molecule has 1 atom stereocenters. The van der Waals surface area contributed by atoms with Crippen molar-refractivity contribution in [1.82, 2.24) is 4.31 Å². The maximum Gasteiger partial charge on any atom is 0.347 e. The molecule has 1 aliphatic heterocycles. The van der Waals surface area contributed by atoms with Crippen LogP contribution in [0.2, 0.25) is 0 Å². The van der Waals surface area contributed by atoms with Gasteiger partial charge in [0, 0.05) is 26.1 Å². The largest absolute Gasteiger partial charge is 0.463 e. The third-order valence-electron chi connectivity index (χ3n) is 3.40. The highest BCUT2D eigenvalue weighted by atomic mass is 32.2. The van der Waals surface area contributed by atoms with E-state index >= 15 is 0 Å². The Kier molecular flexibility index (Phi) is 5.75. The maximum atomic E-state index is 12.4. The van der Waals surface area contributed by atoms with Crippen molar-refractivity contribution in [3.8, 4) is 0 Å². The molecule has 1 aliphatic rings. The van der Waals surface area contributed by atoms with Gasteiger partial charge >= 0.3 is 11.9 Å². The molecule has 0 bridgehead atoms. The number of amides is 1. The topological polar surface area (TPSA) is 119 Å². The van der Waals surface area contributed by atoms with Gasteiger partial charge in [-0.05, 0) is 24.3 Å². The van der Waals surface area contributed by atoms with Crippen LogP contribution < -0.4 is 5.32 Å². The number of nitrogens with zero attached hydrogens (tertiary/aromatic N) is 1. The molecule has 1 aromatic rings. The molecule has 0 unspecified atom stereocenters. The molecule has 0 aliphatic carbocycles. The number of anilines is 1. The van der Waals surface area contributed by atoms with Crippen LogP contribution in [-0.2, 0) is 33.9 Å². The van der Waals surface area contributed by atoms with Crippen LogP contribution in [0, 0.1) is 0 Å². The molecule has 1 heterocycles. The van der Waals surface area contributed by atoms with Crippen LogP contribution in [0.1, 0.15) is 13.3 Å². The fourth-order valence-corrected chi connectivity index (χ4v) is 3.26. The van der Waals surface area contributed by atoms with Gasteiger partial charge in [0.2, 0.25) is 22.0 Å². The average molecular weight is 370 g/mol. The van der Waals surface area contributed by atoms with Crippen molar-refractivity contribution in [2.75, 3.05) is 25.5 Å². The predicted molar refractivity (Wildman–Crippen MR) is 86.0 cm³/mol. The molecule has 9 nitrogen and oxygen atoms in total. The van der Waals surface area contributed by atoms with Crippen molar-refractivity contribution in [2.45, 2.75) is 24.3 Å². The third kappa shape index (κ3) is 4.77. The first-order valence-electron chi connectivity index (χ1n) is 7.40. The summed E-state index contributed by atoms with van der Waals surface area (Å²) in [6.07, 6.45) is -0.730. The van der Waals surface area contributed by atoms with Gasteiger partial charge in [0.25, 0.3) is 0 Å². The molecule has 1 fully saturated rings. The van der Waals surface area contributed by atoms with Gasteiger partial charge in [-0.2, -0.15) is 4.31 Å². The number of ether oxygens (including phenoxy) is 2. The van der Waals surface area contributed by atoms with E-state index in [0.717, 1.165) is 4.31 Å². The number of benzene rings is 1. The molecule has 0 radical (unpaired) electrons. The Morgan fingerprint density at radius 3 is 2.48 bits per heavy atom. The van der Waals surface area contributed by atoms with Crippen LogP contribution in [0.25, 0.3) is 0 Å². The van der Waals surface area contributed by atoms with Crippen molar-refractivity contribution in [2.24, 2.45) is 0 Å². The van der Waals surface area contributed by atoms with Crippen molar-refractivity contribution < 1.29 is 32.3 Å². The first-order valence-corrected chi connectivity index (χ1v) is 8.84. The minimum atomic E-state index is -3.92. The van der Waals surface area contributed by atoms with Crippen LogP contribution in [0.5, 0.6) is 0 Å². The summed E-state index contributed by atoms with van der Waals surface area (Å²) in [5.74, 6) is -1.75. The summed E-state index contributed by atoms with van der Waals surface area (Å²) < 4.78 is 35.3. The Bertz CT molecular complexity index is 774. The smallest absolute Gasteiger partial charge is 0.347 e. The van der Waals surface area contributed by atoms with Gasteiger partial charge in [0.1, 0.15) is 6.54 Å². The molecule has 10 heteroatoms. The lowest BCUT2D eigenvalue weighted by atomic mass is 10.3. The van der Waals surface area contributed by atoms with Gasteiger partial charge in [0.15, 0.2) is 0 Å². The van der Waals surface area contributed by atoms with E-state index in [2.05, 4.69) is 10.1 Å². The molecule has 1 aromatic carbocycles. The monoisotopic (exact) mass is 370 g/mol. The average Bonchev–Trinajstić information content (AvgIpc) is 2.92. The number of likely N-dealkylation sites (N-methyl/N-ethyl adjacent to an activating group) is 1. The summed E-state index contributed by atoms with van der Waals surface area (Å²) in [6, 6.07) is 5.51. The molecular formula is C15H18N2O7S. The summed E-state index contributed by atoms with van der Waals surface area (Å²) in [7, 11) is -2.70. The molecule has 136 valence electrons. The van der Waals surface area contributed by atoms with E-state index < -0.39 is 34.6 Å². The van der Waals surface area contributed by atoms with Crippen LogP contribution >= 0.6 is 0 Å². The second-order valence-electron chi connectivity index (χ2n) is 5.40. The number of sulfonamides is 1. The van der Waals surface area contributed by atoms with Crippen molar-refractivity contribution in [3.63, 3.8) is 0 Å². The number of rotatable bonds is 6. The zero-order valence-electron chi connectivity index (χ0n) is 13.7. The predicted octanol–water partition coefficient (Wildman–Crippen LogP) is 0.124. The Morgan fingerprint density at radius 2 is 1.96 bits per heavy atom. The lowest BCUT2D eigenvalue weighted by Crippen LogP contribution is -2.35. The molecule has 1 saturated heterocycles. The lowest BCUT2D eigenvalue weighted by molar-refractivity contribution is -0.160. The first kappa shape index (κ1) is 18.9. The quantitative estimate of drug-likeness (QED) is 0.707. The zero-order valence-corrected chi connectivity index (χ0v) is 14.5. The van der Waals surface area contributed by atoms with Crippen LogP contribution in [0.3, 0.4) is 0 Å². The van der Waals surface area contributed by atoms with Gasteiger partial charge in [-0.3, -0.25) is 9.59 Å². The van der Waals surface area contributed by atoms with E-state index in [-0.39, 0.29) is 23.8 Å². The number of nitrogens with one attached hydrogen (secondary N) is 1. The maximum absolute atomic E-state index is 12.4. The number of hydrogen-bond acceptors (Lipinski definition) is 7. The molecule has 1 amide bonds. The van der Waals surface area contributed by atoms with Crippen molar-refractivity contribution in [3.05, 3.63) is 24.3 Å². The van der Waals surface area contributed by atoms with Crippen LogP contribution in [-0.4, -0.2) is 56.9 Å². The first-order chi connectivity index (χ1) is 11.7. The molecule has 25 heavy (non-hydrogen) atoms. The number of esters is 2. The fraction of sp³-hybridized carbons (Fsp3) is 0.400. The molecule has 0 aromatic heterocycles. The van der Waals surface area contributed by atoms with Crippen LogP contribution in [0.15, 0.2) is 29.2 Å². The Labute approximate surface area is 144 Å². The standard InChI is InChI=1S/C15H18N2O7S/c1-10(18)16-11-3-5-12(6-4-11)25(21,22)17(2)9-14(19)24-13-7-8-23-15(13)20/h3-6,13H,7-9H2,1-2H3,(H,16,18)/t13-/m0/s1. The summed E-state index contributed by atoms with van der Waals surface area (Å²) in [4.78, 5) is 34.0. The van der Waals surface area contributed by atoms with E-state index in [4.69, 9.17) is 4.74 Å². The number of carbonyl (C=O) groups is 3. The lowest BCUT2D eigenvalue weighted by Gasteiger charge is -2.17. The Hall–Kier alpha value is -2.46. The highest BCUT2D eigenvalue weighted by Gasteiger charge is 2.31. The van der Waals surface area contributed by atoms with Gasteiger partial charge in [-0.1, -0.05) is 0 Å². The summed E-state index contributed by atoms with van der Waals surface area (Å²) in [5.41, 5.74) is 0.452. The number of cyclic esters (lactones) is 1. The van der Waals surface area contributed by atoms with Crippen molar-refractivity contribution >= 4 is 33.6 Å². The summed E-state index contributed by atoms with van der Waals surface area (Å²) in [5, 5.41) is 2.52. The Morgan fingerprint density at radius 1 is 1.32 bits per heavy atom. The fourth-order valence-electron chi connectivity index (χ4n) is 2.14. The molecule has 0 saturated carbocycles. The number of hydrogen-bond donors (Lipinski definition) is 1. The zero-order chi connectivity index (χ0) is 18.6. The minimum Gasteiger partial charge on any atom is -0.463 e. The van der Waals surface area contributed by atoms with Gasteiger partial charge in [-0.15, -0.1) is 0 Å². The van der Waals surface area contributed by atoms with E-state index in [1.807, 2.05) is 0 Å². The SMILES string of the molecule is CC(=O)Nc1ccc(S(=O)(=O)N(C)CC(=O)O[C@H]2CCOC2=O)cc1. The molecule has 1 N–H and O–H groups in total. The summed E-state index contributed by atoms with van der Waals surface area (Å²) in [6.45, 7) is 0.968. The van der Waals surface area contributed by atoms with Crippen LogP contribution in [0.4, 0.5) is 5.69 Å². The van der Waals surface area contributed by atoms with E-state index in [0.29, 0.717) is 5.69 Å². The number of carbonyl (C=O) groups excluding carboxylic acids is 3. The summed E-state index contributed by atoms with van der Waals surface area (Å²) >= 11 is 0. The highest BCUT2D eigenvalue weighted by Crippen LogP contribution is 2.18. The molecule has 2 rings (SSSR count). The minimum absolute atomic E-state index is 0.0443. The third-order valence-corrected chi connectivity index (χ3v) is 5.21. The second kappa shape index (κ2) is 7.62. The van der Waals surface area contributed by atoms with Gasteiger partial charge in [-0.25, -0.2) is 13.2 Å².